The lowest BCUT2D eigenvalue weighted by molar-refractivity contribution is -0.137. The van der Waals surface area contributed by atoms with Gasteiger partial charge in [0.25, 0.3) is 0 Å². The van der Waals surface area contributed by atoms with E-state index in [0.29, 0.717) is 6.61 Å². The molecule has 0 aliphatic rings. The molecule has 5 nitrogen and oxygen atoms in total. The number of hydrogen-bond donors (Lipinski definition) is 3. The maximum atomic E-state index is 11.4. The largest absolute Gasteiger partial charge is 0.494 e. The molecule has 1 atom stereocenters. The van der Waals surface area contributed by atoms with Crippen LogP contribution < -0.4 is 4.74 Å². The monoisotopic (exact) mass is 353 g/mol. The van der Waals surface area contributed by atoms with Gasteiger partial charge >= 0.3 is 5.97 Å². The summed E-state index contributed by atoms with van der Waals surface area (Å²) in [7, 11) is 0. The van der Waals surface area contributed by atoms with Crippen molar-refractivity contribution < 1.29 is 19.7 Å². The number of unbranched alkanes of at least 4 members (excludes halogenated alkanes) is 1. The Morgan fingerprint density at radius 2 is 1.92 bits per heavy atom. The normalized spacial score (nSPS) is 12.2. The average molecular weight is 353 g/mol. The molecule has 1 heterocycles. The molecule has 2 aromatic carbocycles. The van der Waals surface area contributed by atoms with E-state index in [9.17, 15) is 9.90 Å². The molecule has 3 aromatic rings. The van der Waals surface area contributed by atoms with Crippen molar-refractivity contribution in [2.24, 2.45) is 0 Å². The molecule has 0 amide bonds. The summed E-state index contributed by atoms with van der Waals surface area (Å²) in [6.07, 6.45) is 3.46. The van der Waals surface area contributed by atoms with Crippen molar-refractivity contribution in [1.82, 2.24) is 4.98 Å². The van der Waals surface area contributed by atoms with Gasteiger partial charge in [0.05, 0.1) is 13.0 Å². The highest BCUT2D eigenvalue weighted by Gasteiger charge is 2.21. The van der Waals surface area contributed by atoms with Crippen LogP contribution in [0.15, 0.2) is 54.7 Å². The van der Waals surface area contributed by atoms with E-state index in [4.69, 9.17) is 9.84 Å². The summed E-state index contributed by atoms with van der Waals surface area (Å²) in [5.41, 5.74) is 2.88. The Bertz CT molecular complexity index is 857. The van der Waals surface area contributed by atoms with Crippen molar-refractivity contribution >= 4 is 16.9 Å². The molecule has 1 aromatic heterocycles. The minimum Gasteiger partial charge on any atom is -0.494 e. The summed E-state index contributed by atoms with van der Waals surface area (Å²) in [4.78, 5) is 14.6. The first-order valence-corrected chi connectivity index (χ1v) is 8.80. The first-order valence-electron chi connectivity index (χ1n) is 8.80. The van der Waals surface area contributed by atoms with Gasteiger partial charge in [-0.05, 0) is 36.1 Å². The topological polar surface area (TPSA) is 82.5 Å². The van der Waals surface area contributed by atoms with E-state index in [0.717, 1.165) is 40.6 Å². The van der Waals surface area contributed by atoms with Crippen molar-refractivity contribution in [2.75, 3.05) is 13.2 Å². The number of aromatic nitrogens is 1. The fourth-order valence-corrected chi connectivity index (χ4v) is 3.18. The highest BCUT2D eigenvalue weighted by molar-refractivity contribution is 5.86. The molecule has 0 aliphatic carbocycles. The van der Waals surface area contributed by atoms with Crippen LogP contribution in [0.5, 0.6) is 5.75 Å². The summed E-state index contributed by atoms with van der Waals surface area (Å²) < 4.78 is 5.71. The molecular weight excluding hydrogens is 330 g/mol. The quantitative estimate of drug-likeness (QED) is 0.509. The third-order valence-corrected chi connectivity index (χ3v) is 4.46. The Morgan fingerprint density at radius 1 is 1.12 bits per heavy atom. The van der Waals surface area contributed by atoms with Crippen molar-refractivity contribution in [3.63, 3.8) is 0 Å². The molecule has 0 spiro atoms. The van der Waals surface area contributed by atoms with E-state index in [-0.39, 0.29) is 18.9 Å². The van der Waals surface area contributed by atoms with Gasteiger partial charge in [-0.25, -0.2) is 0 Å². The molecule has 26 heavy (non-hydrogen) atoms. The summed E-state index contributed by atoms with van der Waals surface area (Å²) >= 11 is 0. The number of H-pyrrole nitrogens is 1. The zero-order valence-electron chi connectivity index (χ0n) is 14.5. The van der Waals surface area contributed by atoms with Crippen LogP contribution in [0.1, 0.15) is 36.3 Å². The third-order valence-electron chi connectivity index (χ3n) is 4.46. The number of aliphatic hydroxyl groups is 1. The van der Waals surface area contributed by atoms with Gasteiger partial charge in [-0.2, -0.15) is 0 Å². The molecular formula is C21H23NO4. The summed E-state index contributed by atoms with van der Waals surface area (Å²) in [6, 6.07) is 15.5. The number of carboxylic acids is 1. The predicted molar refractivity (Wildman–Crippen MR) is 101 cm³/mol. The molecule has 3 rings (SSSR count). The van der Waals surface area contributed by atoms with E-state index in [1.807, 2.05) is 54.7 Å². The minimum absolute atomic E-state index is 0.0381. The van der Waals surface area contributed by atoms with E-state index < -0.39 is 5.97 Å². The number of aliphatic carboxylic acids is 1. The summed E-state index contributed by atoms with van der Waals surface area (Å²) in [5, 5.41) is 19.2. The van der Waals surface area contributed by atoms with E-state index in [1.165, 1.54) is 0 Å². The second-order valence-corrected chi connectivity index (χ2v) is 6.29. The zero-order valence-corrected chi connectivity index (χ0v) is 14.5. The van der Waals surface area contributed by atoms with Crippen molar-refractivity contribution in [2.45, 2.75) is 25.2 Å². The van der Waals surface area contributed by atoms with Crippen molar-refractivity contribution in [3.8, 4) is 5.75 Å². The smallest absolute Gasteiger partial charge is 0.304 e. The Morgan fingerprint density at radius 3 is 2.65 bits per heavy atom. The number of carbonyl (C=O) groups is 1. The lowest BCUT2D eigenvalue weighted by atomic mass is 9.88. The molecule has 0 radical (unpaired) electrons. The molecule has 0 saturated heterocycles. The average Bonchev–Trinajstić information content (AvgIpc) is 3.07. The van der Waals surface area contributed by atoms with Gasteiger partial charge in [-0.3, -0.25) is 4.79 Å². The second kappa shape index (κ2) is 8.54. The predicted octanol–water partition coefficient (Wildman–Crippen LogP) is 3.93. The van der Waals surface area contributed by atoms with Crippen LogP contribution in [0.2, 0.25) is 0 Å². The first-order chi connectivity index (χ1) is 12.7. The lowest BCUT2D eigenvalue weighted by Gasteiger charge is -2.15. The van der Waals surface area contributed by atoms with Gasteiger partial charge in [0.15, 0.2) is 0 Å². The maximum absolute atomic E-state index is 11.4. The number of rotatable bonds is 9. The zero-order chi connectivity index (χ0) is 18.4. The molecule has 0 saturated carbocycles. The number of nitrogens with one attached hydrogen (secondary N) is 1. The van der Waals surface area contributed by atoms with Crippen LogP contribution in [0.25, 0.3) is 10.9 Å². The molecule has 1 unspecified atom stereocenters. The van der Waals surface area contributed by atoms with Gasteiger partial charge in [0.1, 0.15) is 5.75 Å². The van der Waals surface area contributed by atoms with Gasteiger partial charge < -0.3 is 19.9 Å². The number of hydrogen-bond acceptors (Lipinski definition) is 3. The SMILES string of the molecule is O=C(O)CC(c1ccccc1)c1c[nH]c2cc(OCCCCO)ccc12. The van der Waals surface area contributed by atoms with Gasteiger partial charge in [-0.15, -0.1) is 0 Å². The molecule has 0 aliphatic heterocycles. The Balaban J connectivity index is 1.87. The minimum atomic E-state index is -0.822. The van der Waals surface area contributed by atoms with Gasteiger partial charge in [-0.1, -0.05) is 30.3 Å². The Hall–Kier alpha value is -2.79. The van der Waals surface area contributed by atoms with Crippen molar-refractivity contribution in [1.29, 1.82) is 0 Å². The summed E-state index contributed by atoms with van der Waals surface area (Å²) in [5.74, 6) is -0.269. The van der Waals surface area contributed by atoms with Crippen LogP contribution >= 0.6 is 0 Å². The van der Waals surface area contributed by atoms with E-state index in [1.54, 1.807) is 0 Å². The third kappa shape index (κ3) is 4.24. The van der Waals surface area contributed by atoms with Crippen LogP contribution in [0, 0.1) is 0 Å². The molecule has 136 valence electrons. The van der Waals surface area contributed by atoms with Gasteiger partial charge in [0, 0.05) is 35.7 Å². The molecule has 0 fully saturated rings. The highest BCUT2D eigenvalue weighted by Crippen LogP contribution is 2.34. The van der Waals surface area contributed by atoms with Crippen molar-refractivity contribution in [3.05, 3.63) is 65.9 Å². The number of fused-ring (bicyclic) bond motifs is 1. The Labute approximate surface area is 152 Å². The fraction of sp³-hybridized carbons (Fsp3) is 0.286. The highest BCUT2D eigenvalue weighted by atomic mass is 16.5. The van der Waals surface area contributed by atoms with Crippen LogP contribution in [-0.4, -0.2) is 34.4 Å². The standard InChI is InChI=1S/C21H23NO4/c23-10-4-5-11-26-16-8-9-17-19(14-22-20(17)12-16)18(13-21(24)25)15-6-2-1-3-7-15/h1-3,6-9,12,14,18,22-23H,4-5,10-11,13H2,(H,24,25). The number of benzene rings is 2. The number of aromatic amines is 1. The Kier molecular flexibility index (Phi) is 5.92. The van der Waals surface area contributed by atoms with Gasteiger partial charge in [0.2, 0.25) is 0 Å². The second-order valence-electron chi connectivity index (χ2n) is 6.29. The molecule has 5 heteroatoms. The molecule has 0 bridgehead atoms. The first kappa shape index (κ1) is 18.0. The van der Waals surface area contributed by atoms with Crippen LogP contribution in [0.4, 0.5) is 0 Å². The molecule has 3 N–H and O–H groups in total. The fourth-order valence-electron chi connectivity index (χ4n) is 3.18. The number of ether oxygens (including phenoxy) is 1. The maximum Gasteiger partial charge on any atom is 0.304 e. The van der Waals surface area contributed by atoms with Crippen LogP contribution in [0.3, 0.4) is 0 Å². The number of carboxylic acid groups (broad SMARTS) is 1. The summed E-state index contributed by atoms with van der Waals surface area (Å²) in [6.45, 7) is 0.734. The van der Waals surface area contributed by atoms with E-state index in [2.05, 4.69) is 4.98 Å². The number of aliphatic hydroxyl groups excluding tert-OH is 1. The van der Waals surface area contributed by atoms with E-state index >= 15 is 0 Å². The van der Waals surface area contributed by atoms with Crippen LogP contribution in [-0.2, 0) is 4.79 Å². The lowest BCUT2D eigenvalue weighted by Crippen LogP contribution is -2.07.